The molecule has 3 rings (SSSR count). The van der Waals surface area contributed by atoms with Crippen LogP contribution in [0.15, 0.2) is 53.5 Å². The number of hydrogen-bond donors (Lipinski definition) is 1. The van der Waals surface area contributed by atoms with Crippen molar-refractivity contribution in [2.45, 2.75) is 6.54 Å². The Morgan fingerprint density at radius 2 is 1.88 bits per heavy atom. The molecule has 1 amide bonds. The number of carbonyl (C=O) groups is 1. The molecule has 1 N–H and O–H groups in total. The predicted molar refractivity (Wildman–Crippen MR) is 91.0 cm³/mol. The van der Waals surface area contributed by atoms with Crippen LogP contribution < -0.4 is 10.1 Å². The third-order valence-electron chi connectivity index (χ3n) is 3.34. The van der Waals surface area contributed by atoms with E-state index in [1.165, 1.54) is 12.7 Å². The van der Waals surface area contributed by atoms with Crippen molar-refractivity contribution in [2.24, 2.45) is 0 Å². The van der Waals surface area contributed by atoms with Gasteiger partial charge in [-0.05, 0) is 45.8 Å². The maximum Gasteiger partial charge on any atom is 0.271 e. The van der Waals surface area contributed by atoms with E-state index in [0.29, 0.717) is 22.5 Å². The van der Waals surface area contributed by atoms with Crippen LogP contribution in [0.4, 0.5) is 0 Å². The lowest BCUT2D eigenvalue weighted by Gasteiger charge is -2.09. The van der Waals surface area contributed by atoms with Crippen LogP contribution in [-0.2, 0) is 6.54 Å². The Bertz CT molecular complexity index is 834. The van der Waals surface area contributed by atoms with Crippen LogP contribution in [0, 0.1) is 0 Å². The number of ether oxygens (including phenoxy) is 1. The molecule has 7 nitrogen and oxygen atoms in total. The Hall–Kier alpha value is -2.74. The van der Waals surface area contributed by atoms with Gasteiger partial charge in [0.25, 0.3) is 5.91 Å². The zero-order valence-corrected chi connectivity index (χ0v) is 14.4. The average molecular weight is 388 g/mol. The lowest BCUT2D eigenvalue weighted by atomic mass is 10.2. The number of nitrogens with one attached hydrogen (secondary N) is 1. The molecule has 0 unspecified atom stereocenters. The molecule has 1 aromatic carbocycles. The summed E-state index contributed by atoms with van der Waals surface area (Å²) in [5.74, 6) is 1.07. The second kappa shape index (κ2) is 7.22. The first kappa shape index (κ1) is 16.1. The van der Waals surface area contributed by atoms with Crippen LogP contribution in [-0.4, -0.2) is 32.8 Å². The number of methoxy groups -OCH3 is 1. The molecule has 0 bridgehead atoms. The molecule has 2 aromatic heterocycles. The van der Waals surface area contributed by atoms with Crippen LogP contribution in [0.25, 0.3) is 5.82 Å². The van der Waals surface area contributed by atoms with Crippen molar-refractivity contribution in [1.82, 2.24) is 25.1 Å². The Balaban J connectivity index is 1.73. The zero-order chi connectivity index (χ0) is 16.9. The summed E-state index contributed by atoms with van der Waals surface area (Å²) in [6.45, 7) is 0.397. The molecule has 3 aromatic rings. The number of hydrogen-bond acceptors (Lipinski definition) is 5. The number of halogens is 1. The van der Waals surface area contributed by atoms with Crippen LogP contribution in [0.3, 0.4) is 0 Å². The molecule has 0 aliphatic heterocycles. The van der Waals surface area contributed by atoms with E-state index in [9.17, 15) is 4.79 Å². The smallest absolute Gasteiger partial charge is 0.271 e. The molecule has 0 aliphatic carbocycles. The van der Waals surface area contributed by atoms with Crippen LogP contribution >= 0.6 is 15.9 Å². The molecule has 8 heteroatoms. The summed E-state index contributed by atoms with van der Waals surface area (Å²) >= 11 is 3.36. The van der Waals surface area contributed by atoms with E-state index in [-0.39, 0.29) is 5.91 Å². The van der Waals surface area contributed by atoms with Gasteiger partial charge in [-0.15, -0.1) is 10.2 Å². The largest absolute Gasteiger partial charge is 0.497 e. The summed E-state index contributed by atoms with van der Waals surface area (Å²) in [4.78, 5) is 16.8. The van der Waals surface area contributed by atoms with Gasteiger partial charge in [0, 0.05) is 11.0 Å². The number of aromatic nitrogens is 4. The molecule has 0 aliphatic rings. The normalized spacial score (nSPS) is 10.4. The minimum Gasteiger partial charge on any atom is -0.497 e. The molecule has 0 saturated carbocycles. The van der Waals surface area contributed by atoms with E-state index in [1.54, 1.807) is 23.8 Å². The standard InChI is InChI=1S/C16H14BrN5O2/c1-24-12-4-2-11(3-5-12)8-18-16(23)15-13(17)6-7-14(21-15)22-9-19-20-10-22/h2-7,9-10H,8H2,1H3,(H,18,23). The maximum atomic E-state index is 12.4. The molecule has 0 atom stereocenters. The highest BCUT2D eigenvalue weighted by Gasteiger charge is 2.13. The van der Waals surface area contributed by atoms with Crippen LogP contribution in [0.5, 0.6) is 5.75 Å². The van der Waals surface area contributed by atoms with Crippen molar-refractivity contribution in [3.05, 3.63) is 64.8 Å². The van der Waals surface area contributed by atoms with E-state index >= 15 is 0 Å². The molecule has 0 saturated heterocycles. The number of amides is 1. The van der Waals surface area contributed by atoms with Crippen molar-refractivity contribution in [2.75, 3.05) is 7.11 Å². The molecule has 0 fully saturated rings. The topological polar surface area (TPSA) is 81.9 Å². The van der Waals surface area contributed by atoms with Gasteiger partial charge in [0.15, 0.2) is 0 Å². The number of pyridine rings is 1. The van der Waals surface area contributed by atoms with E-state index in [4.69, 9.17) is 4.74 Å². The molecular weight excluding hydrogens is 374 g/mol. The lowest BCUT2D eigenvalue weighted by Crippen LogP contribution is -2.24. The minimum absolute atomic E-state index is 0.271. The van der Waals surface area contributed by atoms with Crippen molar-refractivity contribution < 1.29 is 9.53 Å². The van der Waals surface area contributed by atoms with E-state index < -0.39 is 0 Å². The highest BCUT2D eigenvalue weighted by molar-refractivity contribution is 9.10. The molecule has 2 heterocycles. The minimum atomic E-state index is -0.271. The lowest BCUT2D eigenvalue weighted by molar-refractivity contribution is 0.0945. The fourth-order valence-electron chi connectivity index (χ4n) is 2.06. The first-order valence-corrected chi connectivity index (χ1v) is 7.89. The van der Waals surface area contributed by atoms with Gasteiger partial charge in [0.1, 0.15) is 29.9 Å². The molecule has 0 radical (unpaired) electrons. The average Bonchev–Trinajstić information content (AvgIpc) is 3.15. The Morgan fingerprint density at radius 1 is 1.17 bits per heavy atom. The summed E-state index contributed by atoms with van der Waals surface area (Å²) < 4.78 is 7.36. The van der Waals surface area contributed by atoms with Crippen molar-refractivity contribution >= 4 is 21.8 Å². The van der Waals surface area contributed by atoms with Crippen molar-refractivity contribution in [1.29, 1.82) is 0 Å². The monoisotopic (exact) mass is 387 g/mol. The second-order valence-corrected chi connectivity index (χ2v) is 5.75. The summed E-state index contributed by atoms with van der Waals surface area (Å²) in [7, 11) is 1.61. The predicted octanol–water partition coefficient (Wildman–Crippen LogP) is 2.36. The second-order valence-electron chi connectivity index (χ2n) is 4.90. The summed E-state index contributed by atoms with van der Waals surface area (Å²) in [6.07, 6.45) is 3.05. The zero-order valence-electron chi connectivity index (χ0n) is 12.8. The van der Waals surface area contributed by atoms with E-state index in [1.807, 2.05) is 24.3 Å². The van der Waals surface area contributed by atoms with E-state index in [2.05, 4.69) is 36.4 Å². The van der Waals surface area contributed by atoms with Gasteiger partial charge in [0.2, 0.25) is 0 Å². The van der Waals surface area contributed by atoms with Crippen LogP contribution in [0.1, 0.15) is 16.1 Å². The Labute approximate surface area is 146 Å². The summed E-state index contributed by atoms with van der Waals surface area (Å²) in [5.41, 5.74) is 1.27. The molecule has 24 heavy (non-hydrogen) atoms. The van der Waals surface area contributed by atoms with Gasteiger partial charge < -0.3 is 10.1 Å². The Morgan fingerprint density at radius 3 is 2.54 bits per heavy atom. The third kappa shape index (κ3) is 3.60. The number of rotatable bonds is 5. The SMILES string of the molecule is COc1ccc(CNC(=O)c2nc(-n3cnnc3)ccc2Br)cc1. The van der Waals surface area contributed by atoms with Gasteiger partial charge in [-0.1, -0.05) is 12.1 Å². The summed E-state index contributed by atoms with van der Waals surface area (Å²) in [5, 5.41) is 10.3. The molecule has 122 valence electrons. The fourth-order valence-corrected chi connectivity index (χ4v) is 2.46. The number of benzene rings is 1. The van der Waals surface area contributed by atoms with E-state index in [0.717, 1.165) is 11.3 Å². The first-order valence-electron chi connectivity index (χ1n) is 7.10. The van der Waals surface area contributed by atoms with Gasteiger partial charge in [0.05, 0.1) is 7.11 Å². The van der Waals surface area contributed by atoms with Crippen molar-refractivity contribution in [3.63, 3.8) is 0 Å². The first-order chi connectivity index (χ1) is 11.7. The number of nitrogens with zero attached hydrogens (tertiary/aromatic N) is 4. The highest BCUT2D eigenvalue weighted by atomic mass is 79.9. The van der Waals surface area contributed by atoms with Gasteiger partial charge in [-0.3, -0.25) is 9.36 Å². The third-order valence-corrected chi connectivity index (χ3v) is 3.98. The highest BCUT2D eigenvalue weighted by Crippen LogP contribution is 2.17. The maximum absolute atomic E-state index is 12.4. The summed E-state index contributed by atoms with van der Waals surface area (Å²) in [6, 6.07) is 11.0. The Kier molecular flexibility index (Phi) is 4.85. The van der Waals surface area contributed by atoms with Crippen LogP contribution in [0.2, 0.25) is 0 Å². The molecule has 0 spiro atoms. The molecular formula is C16H14BrN5O2. The number of carbonyl (C=O) groups excluding carboxylic acids is 1. The van der Waals surface area contributed by atoms with Gasteiger partial charge in [-0.2, -0.15) is 0 Å². The quantitative estimate of drug-likeness (QED) is 0.726. The van der Waals surface area contributed by atoms with Crippen molar-refractivity contribution in [3.8, 4) is 11.6 Å². The van der Waals surface area contributed by atoms with Gasteiger partial charge >= 0.3 is 0 Å². The fraction of sp³-hybridized carbons (Fsp3) is 0.125. The van der Waals surface area contributed by atoms with Gasteiger partial charge in [-0.25, -0.2) is 4.98 Å².